The topological polar surface area (TPSA) is 102 Å². The van der Waals surface area contributed by atoms with Gasteiger partial charge in [-0.15, -0.1) is 0 Å². The molecule has 9 heteroatoms. The van der Waals surface area contributed by atoms with Gasteiger partial charge >= 0.3 is 0 Å². The van der Waals surface area contributed by atoms with Gasteiger partial charge in [-0.2, -0.15) is 15.5 Å². The number of carbonyl (C=O) groups is 1. The van der Waals surface area contributed by atoms with Gasteiger partial charge in [-0.3, -0.25) is 19.1 Å². The highest BCUT2D eigenvalue weighted by atomic mass is 16.5. The Balaban J connectivity index is 1.49. The van der Waals surface area contributed by atoms with Crippen LogP contribution in [0, 0.1) is 11.3 Å². The minimum atomic E-state index is 0.0828. The predicted octanol–water partition coefficient (Wildman–Crippen LogP) is 3.63. The van der Waals surface area contributed by atoms with Crippen LogP contribution in [0.15, 0.2) is 36.7 Å². The van der Waals surface area contributed by atoms with E-state index in [1.807, 2.05) is 29.4 Å². The molecule has 1 amide bonds. The zero-order chi connectivity index (χ0) is 24.8. The first-order valence-electron chi connectivity index (χ1n) is 12.3. The summed E-state index contributed by atoms with van der Waals surface area (Å²) in [4.78, 5) is 18.9. The lowest BCUT2D eigenvalue weighted by Crippen LogP contribution is -2.35. The molecular formula is C27H27N7O2. The molecule has 5 heterocycles. The van der Waals surface area contributed by atoms with Gasteiger partial charge < -0.3 is 9.64 Å². The molecule has 0 aliphatic carbocycles. The maximum absolute atomic E-state index is 12.2. The van der Waals surface area contributed by atoms with Gasteiger partial charge in [-0.1, -0.05) is 18.2 Å². The zero-order valence-electron chi connectivity index (χ0n) is 20.4. The number of carbonyl (C=O) groups excluding carboxylic acids is 1. The highest BCUT2D eigenvalue weighted by Gasteiger charge is 2.30. The zero-order valence-corrected chi connectivity index (χ0v) is 20.4. The number of rotatable bonds is 3. The Bertz CT molecular complexity index is 1520. The Morgan fingerprint density at radius 2 is 2.03 bits per heavy atom. The average molecular weight is 482 g/mol. The molecule has 36 heavy (non-hydrogen) atoms. The second-order valence-electron chi connectivity index (χ2n) is 9.53. The second-order valence-corrected chi connectivity index (χ2v) is 9.53. The van der Waals surface area contributed by atoms with E-state index in [0.29, 0.717) is 36.1 Å². The van der Waals surface area contributed by atoms with Crippen LogP contribution in [0.2, 0.25) is 0 Å². The summed E-state index contributed by atoms with van der Waals surface area (Å²) in [5.41, 5.74) is 6.05. The normalized spacial score (nSPS) is 16.2. The molecule has 0 N–H and O–H groups in total. The van der Waals surface area contributed by atoms with Crippen molar-refractivity contribution in [2.45, 2.75) is 38.8 Å². The first-order valence-corrected chi connectivity index (χ1v) is 12.3. The van der Waals surface area contributed by atoms with Gasteiger partial charge in [-0.05, 0) is 24.3 Å². The Labute approximate surface area is 208 Å². The van der Waals surface area contributed by atoms with Crippen LogP contribution in [0.25, 0.3) is 33.3 Å². The average Bonchev–Trinajstić information content (AvgIpc) is 3.48. The van der Waals surface area contributed by atoms with E-state index in [4.69, 9.17) is 14.8 Å². The largest absolute Gasteiger partial charge is 0.381 e. The Morgan fingerprint density at radius 1 is 1.19 bits per heavy atom. The van der Waals surface area contributed by atoms with Crippen molar-refractivity contribution >= 4 is 16.7 Å². The van der Waals surface area contributed by atoms with Gasteiger partial charge in [0.05, 0.1) is 23.0 Å². The molecule has 1 saturated heterocycles. The molecule has 0 saturated carbocycles. The standard InChI is InChI=1S/C27H27N7O2/c1-17(35)33-9-6-26-23(16-33)27(31-34(26)19-7-10-36-11-8-19)20-5-3-4-18-12-24(29-14-21(18)20)22-15-32(2)30-25(22)13-28/h3-5,12,14-15,19H,6-11,16H2,1-2H3. The van der Waals surface area contributed by atoms with Gasteiger partial charge in [0.2, 0.25) is 5.91 Å². The van der Waals surface area contributed by atoms with Crippen LogP contribution in [-0.4, -0.2) is 55.1 Å². The molecule has 2 aliphatic rings. The lowest BCUT2D eigenvalue weighted by Gasteiger charge is -2.29. The molecule has 4 aromatic rings. The number of pyridine rings is 1. The molecule has 6 rings (SSSR count). The molecule has 1 aromatic carbocycles. The lowest BCUT2D eigenvalue weighted by molar-refractivity contribution is -0.129. The summed E-state index contributed by atoms with van der Waals surface area (Å²) in [6.07, 6.45) is 6.36. The van der Waals surface area contributed by atoms with Gasteiger partial charge in [-0.25, -0.2) is 0 Å². The fourth-order valence-electron chi connectivity index (χ4n) is 5.45. The molecule has 0 unspecified atom stereocenters. The van der Waals surface area contributed by atoms with E-state index in [1.165, 1.54) is 5.69 Å². The number of aryl methyl sites for hydroxylation is 1. The smallest absolute Gasteiger partial charge is 0.219 e. The maximum Gasteiger partial charge on any atom is 0.219 e. The van der Waals surface area contributed by atoms with Crippen molar-refractivity contribution in [3.63, 3.8) is 0 Å². The number of ether oxygens (including phenoxy) is 1. The second kappa shape index (κ2) is 8.88. The molecule has 0 atom stereocenters. The molecule has 2 aliphatic heterocycles. The first kappa shape index (κ1) is 22.4. The highest BCUT2D eigenvalue weighted by molar-refractivity contribution is 5.97. The molecule has 9 nitrogen and oxygen atoms in total. The van der Waals surface area contributed by atoms with Crippen molar-refractivity contribution in [2.24, 2.45) is 7.05 Å². The highest BCUT2D eigenvalue weighted by Crippen LogP contribution is 2.37. The van der Waals surface area contributed by atoms with E-state index in [9.17, 15) is 10.1 Å². The third-order valence-electron chi connectivity index (χ3n) is 7.30. The molecule has 1 fully saturated rings. The fourth-order valence-corrected chi connectivity index (χ4v) is 5.45. The molecule has 3 aromatic heterocycles. The number of nitrogens with zero attached hydrogens (tertiary/aromatic N) is 7. The minimum Gasteiger partial charge on any atom is -0.381 e. The molecule has 0 bridgehead atoms. The van der Waals surface area contributed by atoms with E-state index < -0.39 is 0 Å². The minimum absolute atomic E-state index is 0.0828. The Hall–Kier alpha value is -4.03. The van der Waals surface area contributed by atoms with Crippen LogP contribution in [-0.2, 0) is 29.5 Å². The summed E-state index contributed by atoms with van der Waals surface area (Å²) in [5, 5.41) is 20.9. The van der Waals surface area contributed by atoms with Crippen LogP contribution in [0.1, 0.15) is 42.8 Å². The predicted molar refractivity (Wildman–Crippen MR) is 134 cm³/mol. The first-order chi connectivity index (χ1) is 17.5. The third-order valence-corrected chi connectivity index (χ3v) is 7.30. The number of nitriles is 1. The van der Waals surface area contributed by atoms with E-state index in [-0.39, 0.29) is 5.91 Å². The van der Waals surface area contributed by atoms with Gasteiger partial charge in [0, 0.05) is 81.3 Å². The van der Waals surface area contributed by atoms with Crippen LogP contribution in [0.3, 0.4) is 0 Å². The van der Waals surface area contributed by atoms with Crippen molar-refractivity contribution in [1.29, 1.82) is 5.26 Å². The fraction of sp³-hybridized carbons (Fsp3) is 0.370. The summed E-state index contributed by atoms with van der Waals surface area (Å²) in [5.74, 6) is 0.0828. The summed E-state index contributed by atoms with van der Waals surface area (Å²) in [7, 11) is 1.80. The monoisotopic (exact) mass is 481 g/mol. The van der Waals surface area contributed by atoms with E-state index in [0.717, 1.165) is 60.1 Å². The summed E-state index contributed by atoms with van der Waals surface area (Å²) < 4.78 is 9.44. The maximum atomic E-state index is 12.2. The SMILES string of the molecule is CC(=O)N1CCc2c(c(-c3cccc4cc(-c5cn(C)nc5C#N)ncc34)nn2C2CCOCC2)C1. The van der Waals surface area contributed by atoms with Crippen LogP contribution < -0.4 is 0 Å². The lowest BCUT2D eigenvalue weighted by atomic mass is 9.96. The van der Waals surface area contributed by atoms with Crippen molar-refractivity contribution in [3.05, 3.63) is 53.6 Å². The number of hydrogen-bond acceptors (Lipinski definition) is 6. The molecule has 182 valence electrons. The van der Waals surface area contributed by atoms with Crippen molar-refractivity contribution in [1.82, 2.24) is 29.4 Å². The Kier molecular flexibility index (Phi) is 5.53. The number of benzene rings is 1. The van der Waals surface area contributed by atoms with Crippen LogP contribution in [0.5, 0.6) is 0 Å². The quantitative estimate of drug-likeness (QED) is 0.443. The van der Waals surface area contributed by atoms with Crippen molar-refractivity contribution < 1.29 is 9.53 Å². The van der Waals surface area contributed by atoms with Crippen molar-refractivity contribution in [2.75, 3.05) is 19.8 Å². The number of amides is 1. The van der Waals surface area contributed by atoms with E-state index >= 15 is 0 Å². The molecular weight excluding hydrogens is 454 g/mol. The summed E-state index contributed by atoms with van der Waals surface area (Å²) >= 11 is 0. The number of hydrogen-bond donors (Lipinski definition) is 0. The third kappa shape index (κ3) is 3.74. The molecule has 0 radical (unpaired) electrons. The van der Waals surface area contributed by atoms with Crippen molar-refractivity contribution in [3.8, 4) is 28.6 Å². The van der Waals surface area contributed by atoms with Gasteiger partial charge in [0.1, 0.15) is 6.07 Å². The summed E-state index contributed by atoms with van der Waals surface area (Å²) in [6.45, 7) is 4.39. The van der Waals surface area contributed by atoms with Gasteiger partial charge in [0.25, 0.3) is 0 Å². The van der Waals surface area contributed by atoms with E-state index in [1.54, 1.807) is 18.7 Å². The van der Waals surface area contributed by atoms with E-state index in [2.05, 4.69) is 28.0 Å². The number of aromatic nitrogens is 5. The Morgan fingerprint density at radius 3 is 2.81 bits per heavy atom. The molecule has 0 spiro atoms. The van der Waals surface area contributed by atoms with Crippen LogP contribution in [0.4, 0.5) is 0 Å². The number of fused-ring (bicyclic) bond motifs is 2. The van der Waals surface area contributed by atoms with Crippen LogP contribution >= 0.6 is 0 Å². The van der Waals surface area contributed by atoms with Gasteiger partial charge in [0.15, 0.2) is 5.69 Å². The summed E-state index contributed by atoms with van der Waals surface area (Å²) in [6, 6.07) is 10.6.